The molecule has 0 bridgehead atoms. The van der Waals surface area contributed by atoms with Gasteiger partial charge in [0.1, 0.15) is 0 Å². The Morgan fingerprint density at radius 3 is 1.95 bits per heavy atom. The molecule has 0 aliphatic carbocycles. The number of anilines is 1. The molecule has 114 valence electrons. The van der Waals surface area contributed by atoms with Crippen molar-refractivity contribution >= 4 is 17.4 Å². The molecule has 1 aromatic heterocycles. The third-order valence-electron chi connectivity index (χ3n) is 2.97. The second-order valence-corrected chi connectivity index (χ2v) is 4.75. The molecule has 20 heavy (non-hydrogen) atoms. The van der Waals surface area contributed by atoms with Crippen LogP contribution in [0, 0.1) is 13.8 Å². The zero-order valence-electron chi connectivity index (χ0n) is 12.8. The lowest BCUT2D eigenvalue weighted by molar-refractivity contribution is 0.141. The SMILES string of the molecule is CCOCCN(CCOCC)c1nc(C)c(C)nc1Cl. The van der Waals surface area contributed by atoms with Gasteiger partial charge in [0.15, 0.2) is 11.0 Å². The Morgan fingerprint density at radius 1 is 0.950 bits per heavy atom. The summed E-state index contributed by atoms with van der Waals surface area (Å²) < 4.78 is 10.8. The Bertz CT molecular complexity index is 406. The van der Waals surface area contributed by atoms with Crippen molar-refractivity contribution in [2.24, 2.45) is 0 Å². The molecule has 1 aromatic rings. The Balaban J connectivity index is 2.81. The Labute approximate surface area is 126 Å². The van der Waals surface area contributed by atoms with Gasteiger partial charge >= 0.3 is 0 Å². The molecule has 0 unspecified atom stereocenters. The molecule has 1 heterocycles. The van der Waals surface area contributed by atoms with Gasteiger partial charge in [0.05, 0.1) is 24.6 Å². The molecule has 0 amide bonds. The molecule has 0 N–H and O–H groups in total. The van der Waals surface area contributed by atoms with Gasteiger partial charge in [0, 0.05) is 26.3 Å². The van der Waals surface area contributed by atoms with Crippen LogP contribution in [0.15, 0.2) is 0 Å². The van der Waals surface area contributed by atoms with Crippen molar-refractivity contribution in [3.05, 3.63) is 16.5 Å². The van der Waals surface area contributed by atoms with E-state index in [2.05, 4.69) is 14.9 Å². The molecule has 0 aliphatic heterocycles. The molecule has 0 fully saturated rings. The first-order valence-corrected chi connectivity index (χ1v) is 7.39. The summed E-state index contributed by atoms with van der Waals surface area (Å²) in [4.78, 5) is 10.9. The molecule has 0 aliphatic rings. The minimum Gasteiger partial charge on any atom is -0.380 e. The van der Waals surface area contributed by atoms with Gasteiger partial charge in [-0.05, 0) is 27.7 Å². The number of nitrogens with zero attached hydrogens (tertiary/aromatic N) is 3. The van der Waals surface area contributed by atoms with Gasteiger partial charge in [-0.15, -0.1) is 0 Å². The topological polar surface area (TPSA) is 47.5 Å². The maximum absolute atomic E-state index is 6.22. The summed E-state index contributed by atoms with van der Waals surface area (Å²) in [5.41, 5.74) is 1.75. The van der Waals surface area contributed by atoms with Crippen LogP contribution in [-0.4, -0.2) is 49.5 Å². The van der Waals surface area contributed by atoms with Crippen LogP contribution < -0.4 is 4.90 Å². The van der Waals surface area contributed by atoms with E-state index in [-0.39, 0.29) is 0 Å². The van der Waals surface area contributed by atoms with Crippen molar-refractivity contribution in [1.82, 2.24) is 9.97 Å². The number of hydrogen-bond acceptors (Lipinski definition) is 5. The summed E-state index contributed by atoms with van der Waals surface area (Å²) in [6.45, 7) is 11.9. The highest BCUT2D eigenvalue weighted by Gasteiger charge is 2.15. The summed E-state index contributed by atoms with van der Waals surface area (Å²) in [6.07, 6.45) is 0. The molecule has 1 rings (SSSR count). The maximum atomic E-state index is 6.22. The van der Waals surface area contributed by atoms with Crippen molar-refractivity contribution < 1.29 is 9.47 Å². The van der Waals surface area contributed by atoms with Crippen LogP contribution in [0.2, 0.25) is 5.15 Å². The van der Waals surface area contributed by atoms with Crippen LogP contribution in [0.4, 0.5) is 5.82 Å². The van der Waals surface area contributed by atoms with E-state index in [0.29, 0.717) is 37.4 Å². The third-order valence-corrected chi connectivity index (χ3v) is 3.22. The van der Waals surface area contributed by atoms with E-state index in [0.717, 1.165) is 24.5 Å². The smallest absolute Gasteiger partial charge is 0.171 e. The van der Waals surface area contributed by atoms with Crippen LogP contribution >= 0.6 is 11.6 Å². The first-order valence-electron chi connectivity index (χ1n) is 7.01. The molecule has 0 saturated heterocycles. The van der Waals surface area contributed by atoms with E-state index < -0.39 is 0 Å². The number of ether oxygens (including phenoxy) is 2. The fraction of sp³-hybridized carbons (Fsp3) is 0.714. The zero-order chi connectivity index (χ0) is 15.0. The largest absolute Gasteiger partial charge is 0.380 e. The van der Waals surface area contributed by atoms with Crippen LogP contribution in [0.1, 0.15) is 25.2 Å². The Hall–Kier alpha value is -0.910. The highest BCUT2D eigenvalue weighted by molar-refractivity contribution is 6.31. The quantitative estimate of drug-likeness (QED) is 0.656. The van der Waals surface area contributed by atoms with Crippen molar-refractivity contribution in [2.75, 3.05) is 44.4 Å². The molecule has 0 radical (unpaired) electrons. The maximum Gasteiger partial charge on any atom is 0.171 e. The van der Waals surface area contributed by atoms with Gasteiger partial charge < -0.3 is 14.4 Å². The monoisotopic (exact) mass is 301 g/mol. The average Bonchev–Trinajstić information content (AvgIpc) is 2.42. The van der Waals surface area contributed by atoms with Crippen LogP contribution in [0.3, 0.4) is 0 Å². The number of halogens is 1. The van der Waals surface area contributed by atoms with Crippen LogP contribution in [0.5, 0.6) is 0 Å². The standard InChI is InChI=1S/C14H24ClN3O2/c1-5-19-9-7-18(8-10-20-6-2)14-13(15)16-11(3)12(4)17-14/h5-10H2,1-4H3. The zero-order valence-corrected chi connectivity index (χ0v) is 13.5. The van der Waals surface area contributed by atoms with E-state index in [4.69, 9.17) is 21.1 Å². The van der Waals surface area contributed by atoms with E-state index in [1.54, 1.807) is 0 Å². The van der Waals surface area contributed by atoms with Crippen molar-refractivity contribution in [3.8, 4) is 0 Å². The summed E-state index contributed by atoms with van der Waals surface area (Å²) in [5, 5.41) is 0.432. The molecule has 0 spiro atoms. The van der Waals surface area contributed by atoms with Crippen LogP contribution in [-0.2, 0) is 9.47 Å². The summed E-state index contributed by atoms with van der Waals surface area (Å²) in [6, 6.07) is 0. The fourth-order valence-electron chi connectivity index (χ4n) is 1.73. The van der Waals surface area contributed by atoms with Gasteiger partial charge in [0.2, 0.25) is 0 Å². The molecule has 5 nitrogen and oxygen atoms in total. The van der Waals surface area contributed by atoms with Gasteiger partial charge in [-0.1, -0.05) is 11.6 Å². The van der Waals surface area contributed by atoms with Crippen LogP contribution in [0.25, 0.3) is 0 Å². The first kappa shape index (κ1) is 17.1. The highest BCUT2D eigenvalue weighted by atomic mass is 35.5. The van der Waals surface area contributed by atoms with Gasteiger partial charge in [-0.2, -0.15) is 0 Å². The molecular formula is C14H24ClN3O2. The molecule has 0 saturated carbocycles. The normalized spacial score (nSPS) is 10.8. The highest BCUT2D eigenvalue weighted by Crippen LogP contribution is 2.22. The third kappa shape index (κ3) is 5.23. The van der Waals surface area contributed by atoms with Crippen molar-refractivity contribution in [1.29, 1.82) is 0 Å². The minimum absolute atomic E-state index is 0.432. The van der Waals surface area contributed by atoms with E-state index in [9.17, 15) is 0 Å². The van der Waals surface area contributed by atoms with E-state index in [1.807, 2.05) is 27.7 Å². The molecule has 6 heteroatoms. The number of aromatic nitrogens is 2. The summed E-state index contributed by atoms with van der Waals surface area (Å²) in [7, 11) is 0. The Morgan fingerprint density at radius 2 is 1.45 bits per heavy atom. The lowest BCUT2D eigenvalue weighted by atomic mass is 10.3. The number of hydrogen-bond donors (Lipinski definition) is 0. The summed E-state index contributed by atoms with van der Waals surface area (Å²) >= 11 is 6.22. The summed E-state index contributed by atoms with van der Waals surface area (Å²) in [5.74, 6) is 0.703. The molecule has 0 aromatic carbocycles. The lowest BCUT2D eigenvalue weighted by Gasteiger charge is -2.24. The average molecular weight is 302 g/mol. The van der Waals surface area contributed by atoms with E-state index >= 15 is 0 Å². The van der Waals surface area contributed by atoms with Gasteiger partial charge in [0.25, 0.3) is 0 Å². The molecule has 0 atom stereocenters. The van der Waals surface area contributed by atoms with E-state index in [1.165, 1.54) is 0 Å². The fourth-order valence-corrected chi connectivity index (χ4v) is 2.02. The van der Waals surface area contributed by atoms with Gasteiger partial charge in [-0.3, -0.25) is 0 Å². The molecular weight excluding hydrogens is 278 g/mol. The lowest BCUT2D eigenvalue weighted by Crippen LogP contribution is -2.32. The number of rotatable bonds is 9. The second kappa shape index (κ2) is 9.10. The second-order valence-electron chi connectivity index (χ2n) is 4.39. The number of aryl methyl sites for hydroxylation is 2. The van der Waals surface area contributed by atoms with Crippen molar-refractivity contribution in [2.45, 2.75) is 27.7 Å². The Kier molecular flexibility index (Phi) is 7.80. The van der Waals surface area contributed by atoms with Crippen molar-refractivity contribution in [3.63, 3.8) is 0 Å². The predicted molar refractivity (Wildman–Crippen MR) is 81.7 cm³/mol. The predicted octanol–water partition coefficient (Wildman–Crippen LogP) is 2.63. The minimum atomic E-state index is 0.432. The first-order chi connectivity index (χ1) is 9.60. The van der Waals surface area contributed by atoms with Gasteiger partial charge in [-0.25, -0.2) is 9.97 Å².